The van der Waals surface area contributed by atoms with Crippen LogP contribution in [0.15, 0.2) is 18.3 Å². The van der Waals surface area contributed by atoms with Crippen LogP contribution in [0.25, 0.3) is 0 Å². The molecule has 1 aromatic rings. The lowest BCUT2D eigenvalue weighted by atomic mass is 10.2. The number of hydrogen-bond donors (Lipinski definition) is 2. The fourth-order valence-corrected chi connectivity index (χ4v) is 1.42. The molecule has 2 N–H and O–H groups in total. The van der Waals surface area contributed by atoms with Crippen LogP contribution in [0.4, 0.5) is 11.5 Å². The van der Waals surface area contributed by atoms with E-state index in [1.807, 2.05) is 13.8 Å². The lowest BCUT2D eigenvalue weighted by molar-refractivity contribution is -0.384. The van der Waals surface area contributed by atoms with E-state index >= 15 is 0 Å². The summed E-state index contributed by atoms with van der Waals surface area (Å²) in [5.74, 6) is 0.101. The molecule has 0 radical (unpaired) electrons. The Bertz CT molecular complexity index is 450. The molecule has 0 aliphatic rings. The summed E-state index contributed by atoms with van der Waals surface area (Å²) in [5, 5.41) is 16.4. The van der Waals surface area contributed by atoms with E-state index in [9.17, 15) is 14.9 Å². The van der Waals surface area contributed by atoms with Crippen molar-refractivity contribution in [3.05, 3.63) is 28.4 Å². The quantitative estimate of drug-likeness (QED) is 0.578. The standard InChI is InChI=1S/C12H18N4O3/c1-3-9(2)15-11(17)6-8-14-12-10(16(18)19)5-4-7-13-12/h4-5,7,9H,3,6,8H2,1-2H3,(H,13,14)(H,15,17). The molecular formula is C12H18N4O3. The summed E-state index contributed by atoms with van der Waals surface area (Å²) in [6, 6.07) is 3.00. The molecule has 19 heavy (non-hydrogen) atoms. The van der Waals surface area contributed by atoms with Gasteiger partial charge in [-0.25, -0.2) is 4.98 Å². The predicted octanol–water partition coefficient (Wildman–Crippen LogP) is 1.71. The molecule has 1 unspecified atom stereocenters. The van der Waals surface area contributed by atoms with E-state index in [1.165, 1.54) is 18.3 Å². The van der Waals surface area contributed by atoms with Gasteiger partial charge in [-0.15, -0.1) is 0 Å². The van der Waals surface area contributed by atoms with Gasteiger partial charge in [-0.2, -0.15) is 0 Å². The molecule has 0 saturated heterocycles. The zero-order valence-electron chi connectivity index (χ0n) is 11.0. The third-order valence-corrected chi connectivity index (χ3v) is 2.65. The Balaban J connectivity index is 2.45. The molecule has 1 rings (SSSR count). The van der Waals surface area contributed by atoms with Gasteiger partial charge in [0, 0.05) is 31.3 Å². The van der Waals surface area contributed by atoms with Crippen LogP contribution in [-0.4, -0.2) is 28.4 Å². The molecule has 0 aliphatic heterocycles. The number of nitro groups is 1. The molecule has 7 heteroatoms. The normalized spacial score (nSPS) is 11.7. The minimum absolute atomic E-state index is 0.0829. The summed E-state index contributed by atoms with van der Waals surface area (Å²) in [5.41, 5.74) is -0.0927. The number of rotatable bonds is 7. The van der Waals surface area contributed by atoms with Crippen molar-refractivity contribution in [1.29, 1.82) is 0 Å². The van der Waals surface area contributed by atoms with Gasteiger partial charge >= 0.3 is 5.69 Å². The molecule has 0 aromatic carbocycles. The van der Waals surface area contributed by atoms with Crippen LogP contribution >= 0.6 is 0 Å². The van der Waals surface area contributed by atoms with Crippen molar-refractivity contribution in [3.8, 4) is 0 Å². The number of hydrogen-bond acceptors (Lipinski definition) is 5. The van der Waals surface area contributed by atoms with E-state index in [2.05, 4.69) is 15.6 Å². The molecule has 0 aliphatic carbocycles. The summed E-state index contributed by atoms with van der Waals surface area (Å²) >= 11 is 0. The van der Waals surface area contributed by atoms with E-state index in [0.29, 0.717) is 6.54 Å². The van der Waals surface area contributed by atoms with Gasteiger partial charge in [0.2, 0.25) is 11.7 Å². The van der Waals surface area contributed by atoms with Crippen molar-refractivity contribution in [2.75, 3.05) is 11.9 Å². The van der Waals surface area contributed by atoms with Crippen molar-refractivity contribution >= 4 is 17.4 Å². The molecule has 1 aromatic heterocycles. The number of aromatic nitrogens is 1. The van der Waals surface area contributed by atoms with Gasteiger partial charge in [-0.1, -0.05) is 6.92 Å². The van der Waals surface area contributed by atoms with Gasteiger partial charge in [-0.3, -0.25) is 14.9 Å². The van der Waals surface area contributed by atoms with Gasteiger partial charge in [0.25, 0.3) is 0 Å². The number of anilines is 1. The average molecular weight is 266 g/mol. The summed E-state index contributed by atoms with van der Waals surface area (Å²) in [6.07, 6.45) is 2.58. The highest BCUT2D eigenvalue weighted by Crippen LogP contribution is 2.19. The largest absolute Gasteiger partial charge is 0.364 e. The smallest absolute Gasteiger partial charge is 0.311 e. The second kappa shape index (κ2) is 7.30. The maximum Gasteiger partial charge on any atom is 0.311 e. The number of carbonyl (C=O) groups excluding carboxylic acids is 1. The Labute approximate surface area is 111 Å². The first kappa shape index (κ1) is 14.9. The lowest BCUT2D eigenvalue weighted by Gasteiger charge is -2.11. The number of nitrogens with zero attached hydrogens (tertiary/aromatic N) is 2. The van der Waals surface area contributed by atoms with Crippen molar-refractivity contribution < 1.29 is 9.72 Å². The van der Waals surface area contributed by atoms with Crippen molar-refractivity contribution in [2.45, 2.75) is 32.7 Å². The van der Waals surface area contributed by atoms with Crippen LogP contribution < -0.4 is 10.6 Å². The van der Waals surface area contributed by atoms with E-state index in [0.717, 1.165) is 6.42 Å². The SMILES string of the molecule is CCC(C)NC(=O)CCNc1ncccc1[N+](=O)[O-]. The molecule has 0 spiro atoms. The van der Waals surface area contributed by atoms with Crippen LogP contribution in [0.2, 0.25) is 0 Å². The summed E-state index contributed by atoms with van der Waals surface area (Å²) in [6.45, 7) is 4.22. The Kier molecular flexibility index (Phi) is 5.72. The monoisotopic (exact) mass is 266 g/mol. The second-order valence-corrected chi connectivity index (χ2v) is 4.18. The highest BCUT2D eigenvalue weighted by Gasteiger charge is 2.13. The van der Waals surface area contributed by atoms with Crippen LogP contribution in [0.3, 0.4) is 0 Å². The van der Waals surface area contributed by atoms with Crippen LogP contribution in [0.1, 0.15) is 26.7 Å². The van der Waals surface area contributed by atoms with Crippen LogP contribution in [0, 0.1) is 10.1 Å². The Hall–Kier alpha value is -2.18. The Morgan fingerprint density at radius 3 is 2.95 bits per heavy atom. The number of pyridine rings is 1. The molecular weight excluding hydrogens is 248 g/mol. The van der Waals surface area contributed by atoms with Crippen molar-refractivity contribution in [3.63, 3.8) is 0 Å². The van der Waals surface area contributed by atoms with Gasteiger partial charge in [0.15, 0.2) is 0 Å². The maximum atomic E-state index is 11.5. The second-order valence-electron chi connectivity index (χ2n) is 4.18. The first-order chi connectivity index (χ1) is 9.04. The van der Waals surface area contributed by atoms with Crippen molar-refractivity contribution in [2.24, 2.45) is 0 Å². The van der Waals surface area contributed by atoms with E-state index < -0.39 is 4.92 Å². The van der Waals surface area contributed by atoms with Crippen LogP contribution in [-0.2, 0) is 4.79 Å². The molecule has 0 fully saturated rings. The number of carbonyl (C=O) groups is 1. The third-order valence-electron chi connectivity index (χ3n) is 2.65. The lowest BCUT2D eigenvalue weighted by Crippen LogP contribution is -2.33. The Morgan fingerprint density at radius 1 is 1.58 bits per heavy atom. The predicted molar refractivity (Wildman–Crippen MR) is 71.9 cm³/mol. The first-order valence-electron chi connectivity index (χ1n) is 6.17. The molecule has 1 atom stereocenters. The number of nitrogens with one attached hydrogen (secondary N) is 2. The fraction of sp³-hybridized carbons (Fsp3) is 0.500. The molecule has 0 saturated carbocycles. The maximum absolute atomic E-state index is 11.5. The Morgan fingerprint density at radius 2 is 2.32 bits per heavy atom. The summed E-state index contributed by atoms with van der Waals surface area (Å²) < 4.78 is 0. The average Bonchev–Trinajstić information content (AvgIpc) is 2.38. The highest BCUT2D eigenvalue weighted by atomic mass is 16.6. The summed E-state index contributed by atoms with van der Waals surface area (Å²) in [7, 11) is 0. The van der Waals surface area contributed by atoms with Crippen LogP contribution in [0.5, 0.6) is 0 Å². The van der Waals surface area contributed by atoms with Gasteiger partial charge in [-0.05, 0) is 19.4 Å². The minimum atomic E-state index is -0.505. The zero-order valence-corrected chi connectivity index (χ0v) is 11.0. The van der Waals surface area contributed by atoms with E-state index in [-0.39, 0.29) is 29.9 Å². The summed E-state index contributed by atoms with van der Waals surface area (Å²) in [4.78, 5) is 25.6. The van der Waals surface area contributed by atoms with Gasteiger partial charge in [0.05, 0.1) is 4.92 Å². The first-order valence-corrected chi connectivity index (χ1v) is 6.17. The third kappa shape index (κ3) is 4.90. The fourth-order valence-electron chi connectivity index (χ4n) is 1.42. The molecule has 7 nitrogen and oxygen atoms in total. The topological polar surface area (TPSA) is 97.2 Å². The molecule has 0 bridgehead atoms. The van der Waals surface area contributed by atoms with Gasteiger partial charge in [0.1, 0.15) is 0 Å². The zero-order chi connectivity index (χ0) is 14.3. The minimum Gasteiger partial charge on any atom is -0.364 e. The molecule has 104 valence electrons. The number of amides is 1. The molecule has 1 heterocycles. The van der Waals surface area contributed by atoms with Crippen molar-refractivity contribution in [1.82, 2.24) is 10.3 Å². The van der Waals surface area contributed by atoms with E-state index in [1.54, 1.807) is 0 Å². The van der Waals surface area contributed by atoms with E-state index in [4.69, 9.17) is 0 Å². The highest BCUT2D eigenvalue weighted by molar-refractivity contribution is 5.76. The molecule has 1 amide bonds. The van der Waals surface area contributed by atoms with Gasteiger partial charge < -0.3 is 10.6 Å².